The first-order valence-electron chi connectivity index (χ1n) is 9.59. The van der Waals surface area contributed by atoms with E-state index in [0.717, 1.165) is 10.4 Å². The number of nitro groups is 1. The highest BCUT2D eigenvalue weighted by atomic mass is 32.2. The first kappa shape index (κ1) is 21.5. The summed E-state index contributed by atoms with van der Waals surface area (Å²) in [4.78, 5) is 39.3. The molecular weight excluding hydrogens is 440 g/mol. The number of carbonyl (C=O) groups is 1. The number of amides is 1. The molecule has 0 aliphatic carbocycles. The van der Waals surface area contributed by atoms with E-state index in [9.17, 15) is 28.1 Å². The molecule has 12 heteroatoms. The summed E-state index contributed by atoms with van der Waals surface area (Å²) in [6, 6.07) is 11.4. The molecular formula is C20H18N4O7S. The van der Waals surface area contributed by atoms with Crippen LogP contribution in [0.3, 0.4) is 0 Å². The fraction of sp³-hybridized carbons (Fsp3) is 0.200. The molecule has 1 saturated heterocycles. The first-order valence-corrected chi connectivity index (χ1v) is 11.0. The number of nitrogens with zero attached hydrogens (tertiary/aromatic N) is 3. The summed E-state index contributed by atoms with van der Waals surface area (Å²) in [5.74, 6) is -0.0742. The van der Waals surface area contributed by atoms with Gasteiger partial charge in [-0.2, -0.15) is 4.31 Å². The fourth-order valence-electron chi connectivity index (χ4n) is 3.48. The number of rotatable bonds is 5. The molecule has 32 heavy (non-hydrogen) atoms. The van der Waals surface area contributed by atoms with Crippen LogP contribution in [0.15, 0.2) is 68.9 Å². The molecule has 1 N–H and O–H groups in total. The van der Waals surface area contributed by atoms with Crippen molar-refractivity contribution in [3.63, 3.8) is 0 Å². The number of piperazine rings is 1. The molecule has 0 unspecified atom stereocenters. The van der Waals surface area contributed by atoms with E-state index in [2.05, 4.69) is 4.98 Å². The van der Waals surface area contributed by atoms with Gasteiger partial charge in [0.25, 0.3) is 17.2 Å². The molecule has 0 radical (unpaired) electrons. The Hall–Kier alpha value is -3.77. The average molecular weight is 458 g/mol. The van der Waals surface area contributed by atoms with Gasteiger partial charge in [0.05, 0.1) is 16.9 Å². The quantitative estimate of drug-likeness (QED) is 0.452. The second-order valence-corrected chi connectivity index (χ2v) is 8.92. The minimum Gasteiger partial charge on any atom is -0.463 e. The molecule has 0 spiro atoms. The Morgan fingerprint density at radius 3 is 2.38 bits per heavy atom. The van der Waals surface area contributed by atoms with Gasteiger partial charge in [-0.05, 0) is 30.3 Å². The Morgan fingerprint density at radius 2 is 1.75 bits per heavy atom. The second kappa shape index (κ2) is 8.40. The van der Waals surface area contributed by atoms with Crippen LogP contribution in [0.2, 0.25) is 0 Å². The zero-order valence-corrected chi connectivity index (χ0v) is 17.4. The van der Waals surface area contributed by atoms with Crippen LogP contribution in [0, 0.1) is 10.1 Å². The predicted molar refractivity (Wildman–Crippen MR) is 113 cm³/mol. The van der Waals surface area contributed by atoms with Gasteiger partial charge in [0, 0.05) is 32.2 Å². The van der Waals surface area contributed by atoms with E-state index >= 15 is 0 Å². The molecule has 0 saturated carbocycles. The molecule has 3 heterocycles. The van der Waals surface area contributed by atoms with Crippen molar-refractivity contribution in [1.29, 1.82) is 0 Å². The topological polar surface area (TPSA) is 147 Å². The van der Waals surface area contributed by atoms with Gasteiger partial charge in [-0.1, -0.05) is 12.1 Å². The van der Waals surface area contributed by atoms with Crippen molar-refractivity contribution >= 4 is 21.6 Å². The predicted octanol–water partition coefficient (Wildman–Crippen LogP) is 1.69. The highest BCUT2D eigenvalue weighted by molar-refractivity contribution is 7.89. The highest BCUT2D eigenvalue weighted by Gasteiger charge is 2.34. The normalized spacial score (nSPS) is 14.9. The third kappa shape index (κ3) is 3.92. The Labute approximate surface area is 182 Å². The monoisotopic (exact) mass is 458 g/mol. The van der Waals surface area contributed by atoms with Crippen LogP contribution in [0.5, 0.6) is 0 Å². The lowest BCUT2D eigenvalue weighted by atomic mass is 10.2. The first-order chi connectivity index (χ1) is 15.3. The van der Waals surface area contributed by atoms with Gasteiger partial charge in [0.15, 0.2) is 4.90 Å². The minimum atomic E-state index is -4.11. The molecule has 1 amide bonds. The van der Waals surface area contributed by atoms with Crippen molar-refractivity contribution in [2.24, 2.45) is 0 Å². The van der Waals surface area contributed by atoms with Crippen LogP contribution in [-0.4, -0.2) is 59.6 Å². The maximum absolute atomic E-state index is 12.9. The number of nitro benzene ring substituents is 1. The number of furan rings is 1. The van der Waals surface area contributed by atoms with E-state index in [1.54, 1.807) is 18.2 Å². The summed E-state index contributed by atoms with van der Waals surface area (Å²) >= 11 is 0. The highest BCUT2D eigenvalue weighted by Crippen LogP contribution is 2.27. The van der Waals surface area contributed by atoms with Crippen molar-refractivity contribution in [2.45, 2.75) is 4.90 Å². The molecule has 1 fully saturated rings. The van der Waals surface area contributed by atoms with Gasteiger partial charge in [0.1, 0.15) is 11.3 Å². The number of H-pyrrole nitrogens is 1. The molecule has 2 aromatic heterocycles. The lowest BCUT2D eigenvalue weighted by Crippen LogP contribution is -2.51. The summed E-state index contributed by atoms with van der Waals surface area (Å²) in [7, 11) is -4.11. The fourth-order valence-corrected chi connectivity index (χ4v) is 5.06. The van der Waals surface area contributed by atoms with Gasteiger partial charge in [0.2, 0.25) is 10.0 Å². The zero-order chi connectivity index (χ0) is 22.9. The van der Waals surface area contributed by atoms with Gasteiger partial charge in [-0.15, -0.1) is 0 Å². The van der Waals surface area contributed by atoms with E-state index in [0.29, 0.717) is 11.5 Å². The molecule has 1 aromatic carbocycles. The van der Waals surface area contributed by atoms with E-state index < -0.39 is 37.0 Å². The van der Waals surface area contributed by atoms with Crippen molar-refractivity contribution in [3.05, 3.63) is 80.8 Å². The molecule has 4 rings (SSSR count). The van der Waals surface area contributed by atoms with Gasteiger partial charge in [-0.25, -0.2) is 8.42 Å². The lowest BCUT2D eigenvalue weighted by Gasteiger charge is -2.33. The number of aromatic amines is 1. The van der Waals surface area contributed by atoms with E-state index in [1.165, 1.54) is 35.4 Å². The number of carbonyl (C=O) groups excluding carboxylic acids is 1. The van der Waals surface area contributed by atoms with E-state index in [4.69, 9.17) is 4.42 Å². The van der Waals surface area contributed by atoms with Gasteiger partial charge in [-0.3, -0.25) is 19.7 Å². The summed E-state index contributed by atoms with van der Waals surface area (Å²) < 4.78 is 32.2. The third-order valence-corrected chi connectivity index (χ3v) is 7.08. The summed E-state index contributed by atoms with van der Waals surface area (Å²) in [5, 5.41) is 11.2. The van der Waals surface area contributed by atoms with Crippen LogP contribution < -0.4 is 5.56 Å². The molecule has 0 atom stereocenters. The van der Waals surface area contributed by atoms with Crippen molar-refractivity contribution in [2.75, 3.05) is 26.2 Å². The average Bonchev–Trinajstić information content (AvgIpc) is 3.34. The number of sulfonamides is 1. The Balaban J connectivity index is 1.49. The van der Waals surface area contributed by atoms with E-state index in [-0.39, 0.29) is 31.7 Å². The number of para-hydroxylation sites is 1. The Kier molecular flexibility index (Phi) is 5.63. The van der Waals surface area contributed by atoms with Crippen LogP contribution in [0.1, 0.15) is 10.4 Å². The number of hydrogen-bond acceptors (Lipinski definition) is 7. The summed E-state index contributed by atoms with van der Waals surface area (Å²) in [6.07, 6.45) is 1.46. The van der Waals surface area contributed by atoms with Crippen molar-refractivity contribution in [1.82, 2.24) is 14.2 Å². The smallest absolute Gasteiger partial charge is 0.289 e. The Bertz CT molecular complexity index is 1320. The number of pyridine rings is 1. The number of benzene rings is 1. The number of aromatic nitrogens is 1. The molecule has 11 nitrogen and oxygen atoms in total. The molecule has 166 valence electrons. The summed E-state index contributed by atoms with van der Waals surface area (Å²) in [5.41, 5.74) is -0.736. The van der Waals surface area contributed by atoms with Crippen LogP contribution in [0.25, 0.3) is 11.5 Å². The zero-order valence-electron chi connectivity index (χ0n) is 16.6. The minimum absolute atomic E-state index is 0.0398. The van der Waals surface area contributed by atoms with Crippen molar-refractivity contribution in [3.8, 4) is 11.5 Å². The second-order valence-electron chi connectivity index (χ2n) is 7.01. The van der Waals surface area contributed by atoms with Crippen LogP contribution in [-0.2, 0) is 10.0 Å². The maximum Gasteiger partial charge on any atom is 0.289 e. The lowest BCUT2D eigenvalue weighted by molar-refractivity contribution is -0.387. The standard InChI is InChI=1S/C20H18N4O7S/c25-19-14(7-8-15(21-19)17-5-3-13-31-17)20(26)22-9-11-23(12-10-22)32(29,30)18-6-2-1-4-16(18)24(27)28/h1-8,13H,9-12H2,(H,21,25). The maximum atomic E-state index is 12.9. The molecule has 1 aliphatic rings. The molecule has 0 bridgehead atoms. The number of hydrogen-bond donors (Lipinski definition) is 1. The molecule has 3 aromatic rings. The van der Waals surface area contributed by atoms with Crippen LogP contribution >= 0.6 is 0 Å². The van der Waals surface area contributed by atoms with Gasteiger partial charge >= 0.3 is 0 Å². The van der Waals surface area contributed by atoms with Crippen molar-refractivity contribution < 1.29 is 22.6 Å². The summed E-state index contributed by atoms with van der Waals surface area (Å²) in [6.45, 7) is -0.0266. The largest absolute Gasteiger partial charge is 0.463 e. The van der Waals surface area contributed by atoms with E-state index in [1.807, 2.05) is 0 Å². The molecule has 1 aliphatic heterocycles. The Morgan fingerprint density at radius 1 is 1.03 bits per heavy atom. The SMILES string of the molecule is O=C(c1ccc(-c2ccco2)[nH]c1=O)N1CCN(S(=O)(=O)c2ccccc2[N+](=O)[O-])CC1. The third-order valence-electron chi connectivity index (χ3n) is 5.13. The number of nitrogens with one attached hydrogen (secondary N) is 1. The van der Waals surface area contributed by atoms with Crippen LogP contribution in [0.4, 0.5) is 5.69 Å². The van der Waals surface area contributed by atoms with Gasteiger partial charge < -0.3 is 14.3 Å².